The van der Waals surface area contributed by atoms with Crippen LogP contribution in [0.2, 0.25) is 0 Å². The van der Waals surface area contributed by atoms with E-state index < -0.39 is 9.70 Å². The first-order valence-corrected chi connectivity index (χ1v) is 4.51. The molecule has 1 aromatic rings. The van der Waals surface area contributed by atoms with Crippen molar-refractivity contribution >= 4 is 40.7 Å². The average molecular weight is 242 g/mol. The van der Waals surface area contributed by atoms with E-state index >= 15 is 0 Å². The van der Waals surface area contributed by atoms with E-state index in [9.17, 15) is 4.79 Å². The van der Waals surface area contributed by atoms with Crippen LogP contribution in [0.5, 0.6) is 0 Å². The van der Waals surface area contributed by atoms with Gasteiger partial charge in [0.1, 0.15) is 5.76 Å². The maximum absolute atomic E-state index is 11.0. The van der Waals surface area contributed by atoms with Crippen molar-refractivity contribution < 1.29 is 9.21 Å². The Morgan fingerprint density at radius 3 is 2.69 bits per heavy atom. The zero-order chi connectivity index (χ0) is 9.90. The molecule has 0 saturated carbocycles. The Kier molecular flexibility index (Phi) is 3.47. The molecule has 0 fully saturated rings. The van der Waals surface area contributed by atoms with Crippen LogP contribution in [0.15, 0.2) is 22.8 Å². The number of hydrogen-bond acceptors (Lipinski definition) is 2. The van der Waals surface area contributed by atoms with Gasteiger partial charge in [0.25, 0.3) is 9.70 Å². The summed E-state index contributed by atoms with van der Waals surface area (Å²) >= 11 is 15.9. The van der Waals surface area contributed by atoms with Crippen LogP contribution in [0.3, 0.4) is 0 Å². The van der Waals surface area contributed by atoms with Crippen molar-refractivity contribution in [2.24, 2.45) is 0 Å². The van der Waals surface area contributed by atoms with Gasteiger partial charge in [-0.25, -0.2) is 0 Å². The van der Waals surface area contributed by atoms with Crippen LogP contribution >= 0.6 is 34.8 Å². The molecule has 0 spiro atoms. The number of carbonyl (C=O) groups is 1. The van der Waals surface area contributed by atoms with Crippen LogP contribution in [0, 0.1) is 0 Å². The van der Waals surface area contributed by atoms with E-state index in [4.69, 9.17) is 39.2 Å². The number of carbonyl (C=O) groups excluding carboxylic acids is 1. The molecule has 0 aliphatic carbocycles. The Balaban J connectivity index is 2.40. The van der Waals surface area contributed by atoms with Gasteiger partial charge in [-0.1, -0.05) is 34.8 Å². The maximum atomic E-state index is 11.0. The highest BCUT2D eigenvalue weighted by molar-refractivity contribution is 6.76. The van der Waals surface area contributed by atoms with Gasteiger partial charge in [0.05, 0.1) is 12.8 Å². The minimum absolute atomic E-state index is 0.208. The topological polar surface area (TPSA) is 42.2 Å². The standard InChI is InChI=1S/C7H6Cl3NO2/c8-7(9,10)6(12)11-4-5-2-1-3-13-5/h1-3H,4H2,(H,11,12). The number of furan rings is 1. The summed E-state index contributed by atoms with van der Waals surface area (Å²) in [6.45, 7) is 0.208. The Bertz CT molecular complexity index is 278. The van der Waals surface area contributed by atoms with Crippen molar-refractivity contribution in [2.75, 3.05) is 0 Å². The average Bonchev–Trinajstić information content (AvgIpc) is 2.50. The third kappa shape index (κ3) is 3.46. The summed E-state index contributed by atoms with van der Waals surface area (Å²) in [5.74, 6) is -0.0727. The largest absolute Gasteiger partial charge is 0.467 e. The fourth-order valence-electron chi connectivity index (χ4n) is 0.681. The molecule has 0 atom stereocenters. The van der Waals surface area contributed by atoms with Gasteiger partial charge in [-0.05, 0) is 12.1 Å². The van der Waals surface area contributed by atoms with Crippen molar-refractivity contribution in [1.82, 2.24) is 5.32 Å². The summed E-state index contributed by atoms with van der Waals surface area (Å²) in [5.41, 5.74) is 0. The smallest absolute Gasteiger partial charge is 0.272 e. The normalized spacial score (nSPS) is 11.3. The second-order valence-corrected chi connectivity index (χ2v) is 4.54. The lowest BCUT2D eigenvalue weighted by Crippen LogP contribution is -2.33. The number of hydrogen-bond donors (Lipinski definition) is 1. The SMILES string of the molecule is O=C(NCc1ccco1)C(Cl)(Cl)Cl. The molecule has 0 aliphatic rings. The van der Waals surface area contributed by atoms with Crippen LogP contribution in [-0.4, -0.2) is 9.70 Å². The highest BCUT2D eigenvalue weighted by Gasteiger charge is 2.30. The van der Waals surface area contributed by atoms with E-state index in [1.807, 2.05) is 0 Å². The van der Waals surface area contributed by atoms with Gasteiger partial charge in [-0.15, -0.1) is 0 Å². The molecular formula is C7H6Cl3NO2. The fourth-order valence-corrected chi connectivity index (χ4v) is 0.881. The molecule has 1 aromatic heterocycles. The highest BCUT2D eigenvalue weighted by atomic mass is 35.6. The third-order valence-corrected chi connectivity index (χ3v) is 1.78. The zero-order valence-electron chi connectivity index (χ0n) is 6.39. The predicted molar refractivity (Wildman–Crippen MR) is 50.8 cm³/mol. The molecule has 1 amide bonds. The molecular weight excluding hydrogens is 236 g/mol. The summed E-state index contributed by atoms with van der Waals surface area (Å²) in [6, 6.07) is 3.41. The number of alkyl halides is 3. The number of halogens is 3. The summed E-state index contributed by atoms with van der Waals surface area (Å²) in [4.78, 5) is 11.0. The maximum Gasteiger partial charge on any atom is 0.272 e. The molecule has 0 aromatic carbocycles. The molecule has 1 rings (SSSR count). The minimum atomic E-state index is -1.92. The van der Waals surface area contributed by atoms with Crippen molar-refractivity contribution in [3.63, 3.8) is 0 Å². The number of amides is 1. The van der Waals surface area contributed by atoms with E-state index in [0.29, 0.717) is 5.76 Å². The Labute approximate surface area is 89.9 Å². The van der Waals surface area contributed by atoms with Gasteiger partial charge in [0.2, 0.25) is 0 Å². The van der Waals surface area contributed by atoms with Crippen molar-refractivity contribution in [1.29, 1.82) is 0 Å². The van der Waals surface area contributed by atoms with Crippen molar-refractivity contribution in [2.45, 2.75) is 10.3 Å². The molecule has 0 aliphatic heterocycles. The van der Waals surface area contributed by atoms with Crippen molar-refractivity contribution in [3.8, 4) is 0 Å². The van der Waals surface area contributed by atoms with E-state index in [-0.39, 0.29) is 6.54 Å². The van der Waals surface area contributed by atoms with Crippen LogP contribution in [0.4, 0.5) is 0 Å². The van der Waals surface area contributed by atoms with E-state index in [1.54, 1.807) is 12.1 Å². The van der Waals surface area contributed by atoms with Crippen LogP contribution in [0.25, 0.3) is 0 Å². The molecule has 0 radical (unpaired) electrons. The van der Waals surface area contributed by atoms with E-state index in [0.717, 1.165) is 0 Å². The molecule has 1 heterocycles. The lowest BCUT2D eigenvalue weighted by Gasteiger charge is -2.09. The molecule has 0 unspecified atom stereocenters. The van der Waals surface area contributed by atoms with Gasteiger partial charge in [-0.2, -0.15) is 0 Å². The van der Waals surface area contributed by atoms with Gasteiger partial charge in [-0.3, -0.25) is 4.79 Å². The van der Waals surface area contributed by atoms with Crippen LogP contribution in [-0.2, 0) is 11.3 Å². The molecule has 72 valence electrons. The summed E-state index contributed by atoms with van der Waals surface area (Å²) in [6.07, 6.45) is 1.50. The summed E-state index contributed by atoms with van der Waals surface area (Å²) in [7, 11) is 0. The minimum Gasteiger partial charge on any atom is -0.467 e. The number of rotatable bonds is 2. The summed E-state index contributed by atoms with van der Waals surface area (Å²) < 4.78 is 3.03. The molecule has 3 nitrogen and oxygen atoms in total. The zero-order valence-corrected chi connectivity index (χ0v) is 8.66. The van der Waals surface area contributed by atoms with E-state index in [2.05, 4.69) is 5.32 Å². The second-order valence-electron chi connectivity index (χ2n) is 2.26. The first kappa shape index (κ1) is 10.7. The van der Waals surface area contributed by atoms with Gasteiger partial charge in [0, 0.05) is 0 Å². The van der Waals surface area contributed by atoms with E-state index in [1.165, 1.54) is 6.26 Å². The lowest BCUT2D eigenvalue weighted by molar-refractivity contribution is -0.120. The predicted octanol–water partition coefficient (Wildman–Crippen LogP) is 2.27. The first-order valence-electron chi connectivity index (χ1n) is 3.37. The quantitative estimate of drug-likeness (QED) is 0.809. The summed E-state index contributed by atoms with van der Waals surface area (Å²) in [5, 5.41) is 2.40. The molecule has 13 heavy (non-hydrogen) atoms. The Morgan fingerprint density at radius 2 is 2.23 bits per heavy atom. The second kappa shape index (κ2) is 4.22. The van der Waals surface area contributed by atoms with Crippen molar-refractivity contribution in [3.05, 3.63) is 24.2 Å². The lowest BCUT2D eigenvalue weighted by atomic mass is 10.4. The number of nitrogens with one attached hydrogen (secondary N) is 1. The monoisotopic (exact) mass is 241 g/mol. The molecule has 6 heteroatoms. The molecule has 1 N–H and O–H groups in total. The van der Waals surface area contributed by atoms with Gasteiger partial charge >= 0.3 is 0 Å². The fraction of sp³-hybridized carbons (Fsp3) is 0.286. The molecule has 0 saturated heterocycles. The van der Waals surface area contributed by atoms with Gasteiger partial charge in [0.15, 0.2) is 0 Å². The Hall–Kier alpha value is -0.380. The van der Waals surface area contributed by atoms with Crippen LogP contribution in [0.1, 0.15) is 5.76 Å². The first-order chi connectivity index (χ1) is 6.00. The highest BCUT2D eigenvalue weighted by Crippen LogP contribution is 2.25. The third-order valence-electron chi connectivity index (χ3n) is 1.26. The van der Waals surface area contributed by atoms with Gasteiger partial charge < -0.3 is 9.73 Å². The Morgan fingerprint density at radius 1 is 1.54 bits per heavy atom. The molecule has 0 bridgehead atoms. The van der Waals surface area contributed by atoms with Crippen LogP contribution < -0.4 is 5.32 Å².